The molecule has 0 bridgehead atoms. The van der Waals surface area contributed by atoms with Crippen LogP contribution in [0.3, 0.4) is 0 Å². The highest BCUT2D eigenvalue weighted by atomic mass is 16.3. The van der Waals surface area contributed by atoms with Crippen LogP contribution in [0.4, 0.5) is 0 Å². The molecule has 2 saturated heterocycles. The van der Waals surface area contributed by atoms with Gasteiger partial charge in [-0.15, -0.1) is 0 Å². The molecule has 28 heavy (non-hydrogen) atoms. The molecule has 0 saturated carbocycles. The molecule has 2 aliphatic rings. The molecule has 0 unspecified atom stereocenters. The molecule has 2 fully saturated rings. The molecular weight excluding hydrogens is 366 g/mol. The quantitative estimate of drug-likeness (QED) is 0.622. The minimum absolute atomic E-state index is 0.132. The average molecular weight is 395 g/mol. The number of carbonyl (C=O) groups excluding carboxylic acids is 1. The van der Waals surface area contributed by atoms with Gasteiger partial charge in [-0.2, -0.15) is 0 Å². The fraction of sp³-hybridized carbons (Fsp3) is 0.579. The zero-order chi connectivity index (χ0) is 20.8. The van der Waals surface area contributed by atoms with Gasteiger partial charge >= 0.3 is 0 Å². The first-order valence-electron chi connectivity index (χ1n) is 9.28. The van der Waals surface area contributed by atoms with Crippen LogP contribution in [0.1, 0.15) is 24.8 Å². The summed E-state index contributed by atoms with van der Waals surface area (Å²) in [6, 6.07) is 3.95. The summed E-state index contributed by atoms with van der Waals surface area (Å²) in [6.45, 7) is 3.21. The van der Waals surface area contributed by atoms with Crippen LogP contribution in [-0.2, 0) is 20.8 Å². The molecule has 156 valence electrons. The van der Waals surface area contributed by atoms with Crippen LogP contribution in [0, 0.1) is 5.92 Å². The van der Waals surface area contributed by atoms with Gasteiger partial charge in [-0.1, -0.05) is 6.42 Å². The lowest BCUT2D eigenvalue weighted by Crippen LogP contribution is -2.41. The SMILES string of the molecule is O=C(CN1CCCCC1)N1C[C@@H](Cc2ccncc2)[C@@H](O)C1.O=CO.O=CO. The standard InChI is InChI=1S/C17H25N3O2.2CH2O2/c21-16-12-20(17(22)13-19-8-2-1-3-9-19)11-15(16)10-14-4-6-18-7-5-14;2*2-1-3/h4-7,15-16,21H,1-3,8-13H2;2*1H,(H,2,3)/t15-,16+;;/m1../s1. The molecular formula is C19H29N3O6. The molecule has 3 rings (SSSR count). The van der Waals surface area contributed by atoms with Gasteiger partial charge in [0, 0.05) is 31.4 Å². The predicted octanol–water partition coefficient (Wildman–Crippen LogP) is 0.331. The van der Waals surface area contributed by atoms with Crippen molar-refractivity contribution < 1.29 is 29.7 Å². The summed E-state index contributed by atoms with van der Waals surface area (Å²) in [5.41, 5.74) is 1.17. The Balaban J connectivity index is 0.000000582. The normalized spacial score (nSPS) is 21.5. The number of aromatic nitrogens is 1. The van der Waals surface area contributed by atoms with Crippen molar-refractivity contribution in [2.75, 3.05) is 32.7 Å². The van der Waals surface area contributed by atoms with E-state index >= 15 is 0 Å². The van der Waals surface area contributed by atoms with E-state index in [2.05, 4.69) is 9.88 Å². The summed E-state index contributed by atoms with van der Waals surface area (Å²) in [5.74, 6) is 0.297. The number of carboxylic acid groups (broad SMARTS) is 2. The third-order valence-corrected chi connectivity index (χ3v) is 4.81. The number of amides is 1. The summed E-state index contributed by atoms with van der Waals surface area (Å²) in [4.78, 5) is 37.2. The molecule has 0 spiro atoms. The highest BCUT2D eigenvalue weighted by Crippen LogP contribution is 2.22. The zero-order valence-electron chi connectivity index (χ0n) is 15.9. The molecule has 0 radical (unpaired) electrons. The fourth-order valence-corrected chi connectivity index (χ4v) is 3.49. The molecule has 9 nitrogen and oxygen atoms in total. The maximum atomic E-state index is 12.4. The molecule has 2 atom stereocenters. The van der Waals surface area contributed by atoms with E-state index < -0.39 is 6.10 Å². The zero-order valence-corrected chi connectivity index (χ0v) is 15.9. The summed E-state index contributed by atoms with van der Waals surface area (Å²) in [7, 11) is 0. The minimum Gasteiger partial charge on any atom is -0.483 e. The predicted molar refractivity (Wildman–Crippen MR) is 102 cm³/mol. The number of carbonyl (C=O) groups is 3. The number of aliphatic hydroxyl groups excluding tert-OH is 1. The molecule has 3 heterocycles. The second-order valence-electron chi connectivity index (χ2n) is 6.73. The average Bonchev–Trinajstić information content (AvgIpc) is 3.05. The van der Waals surface area contributed by atoms with Gasteiger partial charge in [-0.25, -0.2) is 0 Å². The molecule has 1 amide bonds. The topological polar surface area (TPSA) is 131 Å². The molecule has 0 aliphatic carbocycles. The monoisotopic (exact) mass is 395 g/mol. The van der Waals surface area contributed by atoms with E-state index in [9.17, 15) is 9.90 Å². The molecule has 9 heteroatoms. The van der Waals surface area contributed by atoms with E-state index in [-0.39, 0.29) is 24.8 Å². The lowest BCUT2D eigenvalue weighted by atomic mass is 9.97. The number of aliphatic hydroxyl groups is 1. The summed E-state index contributed by atoms with van der Waals surface area (Å²) in [5, 5.41) is 24.0. The van der Waals surface area contributed by atoms with Gasteiger partial charge in [0.15, 0.2) is 0 Å². The van der Waals surface area contributed by atoms with E-state index in [1.807, 2.05) is 17.0 Å². The van der Waals surface area contributed by atoms with E-state index in [1.165, 1.54) is 24.8 Å². The van der Waals surface area contributed by atoms with E-state index in [4.69, 9.17) is 19.8 Å². The van der Waals surface area contributed by atoms with Crippen molar-refractivity contribution in [1.29, 1.82) is 0 Å². The minimum atomic E-state index is -0.418. The number of pyridine rings is 1. The number of hydrogen-bond donors (Lipinski definition) is 3. The third kappa shape index (κ3) is 8.45. The third-order valence-electron chi connectivity index (χ3n) is 4.81. The van der Waals surface area contributed by atoms with Crippen molar-refractivity contribution in [2.24, 2.45) is 5.92 Å². The molecule has 1 aromatic heterocycles. The Morgan fingerprint density at radius 2 is 1.64 bits per heavy atom. The van der Waals surface area contributed by atoms with E-state index in [0.717, 1.165) is 19.5 Å². The Labute approximate surface area is 164 Å². The number of nitrogens with zero attached hydrogens (tertiary/aromatic N) is 3. The maximum absolute atomic E-state index is 12.4. The Bertz CT molecular complexity index is 574. The first-order valence-corrected chi connectivity index (χ1v) is 9.28. The number of piperidine rings is 1. The van der Waals surface area contributed by atoms with Crippen molar-refractivity contribution >= 4 is 18.9 Å². The lowest BCUT2D eigenvalue weighted by molar-refractivity contribution is -0.132. The van der Waals surface area contributed by atoms with Crippen molar-refractivity contribution in [2.45, 2.75) is 31.8 Å². The van der Waals surface area contributed by atoms with Crippen molar-refractivity contribution in [3.8, 4) is 0 Å². The smallest absolute Gasteiger partial charge is 0.290 e. The van der Waals surface area contributed by atoms with Crippen LogP contribution >= 0.6 is 0 Å². The van der Waals surface area contributed by atoms with E-state index in [1.54, 1.807) is 12.4 Å². The van der Waals surface area contributed by atoms with Crippen molar-refractivity contribution in [3.05, 3.63) is 30.1 Å². The fourth-order valence-electron chi connectivity index (χ4n) is 3.49. The van der Waals surface area contributed by atoms with Crippen LogP contribution in [0.5, 0.6) is 0 Å². The molecule has 3 N–H and O–H groups in total. The van der Waals surface area contributed by atoms with Crippen LogP contribution < -0.4 is 0 Å². The van der Waals surface area contributed by atoms with Crippen LogP contribution in [0.2, 0.25) is 0 Å². The van der Waals surface area contributed by atoms with Gasteiger partial charge in [0.05, 0.1) is 12.6 Å². The van der Waals surface area contributed by atoms with Gasteiger partial charge in [0.1, 0.15) is 0 Å². The van der Waals surface area contributed by atoms with Gasteiger partial charge in [-0.05, 0) is 50.0 Å². The summed E-state index contributed by atoms with van der Waals surface area (Å²) >= 11 is 0. The molecule has 2 aliphatic heterocycles. The summed E-state index contributed by atoms with van der Waals surface area (Å²) in [6.07, 6.45) is 7.60. The Kier molecular flexibility index (Phi) is 11.4. The second kappa shape index (κ2) is 13.6. The van der Waals surface area contributed by atoms with Crippen LogP contribution in [-0.4, -0.2) is 87.8 Å². The second-order valence-corrected chi connectivity index (χ2v) is 6.73. The van der Waals surface area contributed by atoms with Crippen molar-refractivity contribution in [3.63, 3.8) is 0 Å². The highest BCUT2D eigenvalue weighted by molar-refractivity contribution is 5.78. The molecule has 0 aromatic carbocycles. The van der Waals surface area contributed by atoms with E-state index in [0.29, 0.717) is 19.6 Å². The first kappa shape index (κ1) is 23.5. The Morgan fingerprint density at radius 3 is 2.21 bits per heavy atom. The first-order chi connectivity index (χ1) is 13.5. The Hall–Kier alpha value is -2.52. The molecule has 1 aromatic rings. The lowest BCUT2D eigenvalue weighted by Gasteiger charge is -2.27. The largest absolute Gasteiger partial charge is 0.483 e. The van der Waals surface area contributed by atoms with Crippen LogP contribution in [0.25, 0.3) is 0 Å². The van der Waals surface area contributed by atoms with Gasteiger partial charge in [0.2, 0.25) is 5.91 Å². The van der Waals surface area contributed by atoms with Gasteiger partial charge in [0.25, 0.3) is 12.9 Å². The number of rotatable bonds is 4. The van der Waals surface area contributed by atoms with Crippen molar-refractivity contribution in [1.82, 2.24) is 14.8 Å². The van der Waals surface area contributed by atoms with Gasteiger partial charge < -0.3 is 20.2 Å². The number of β-amino-alcohol motifs (C(OH)–C–C–N with tert-alkyl or cyclic N) is 1. The summed E-state index contributed by atoms with van der Waals surface area (Å²) < 4.78 is 0. The van der Waals surface area contributed by atoms with Crippen LogP contribution in [0.15, 0.2) is 24.5 Å². The Morgan fingerprint density at radius 1 is 1.07 bits per heavy atom. The number of hydrogen-bond acceptors (Lipinski definition) is 6. The maximum Gasteiger partial charge on any atom is 0.290 e. The highest BCUT2D eigenvalue weighted by Gasteiger charge is 2.34. The number of likely N-dealkylation sites (tertiary alicyclic amines) is 2. The van der Waals surface area contributed by atoms with Gasteiger partial charge in [-0.3, -0.25) is 24.3 Å².